The number of aliphatic hydroxyl groups is 1. The van der Waals surface area contributed by atoms with E-state index in [0.717, 1.165) is 0 Å². The highest BCUT2D eigenvalue weighted by molar-refractivity contribution is 6.01. The molecular weight excluding hydrogens is 286 g/mol. The zero-order valence-corrected chi connectivity index (χ0v) is 12.0. The Morgan fingerprint density at radius 2 is 2.00 bits per heavy atom. The lowest BCUT2D eigenvalue weighted by Gasteiger charge is -2.25. The van der Waals surface area contributed by atoms with Crippen LogP contribution in [0.2, 0.25) is 0 Å². The van der Waals surface area contributed by atoms with Crippen LogP contribution in [0.1, 0.15) is 18.5 Å². The topological polar surface area (TPSA) is 102 Å². The molecule has 22 heavy (non-hydrogen) atoms. The van der Waals surface area contributed by atoms with Crippen molar-refractivity contribution < 1.29 is 19.8 Å². The summed E-state index contributed by atoms with van der Waals surface area (Å²) >= 11 is 0. The number of nitrogens with zero attached hydrogens (tertiary/aromatic N) is 1. The third kappa shape index (κ3) is 2.50. The SMILES string of the molecule is C[C@@H](O)CN1CC2=C(C1=O)[C@H](c1ccc(O)cc1)NC(=O)N2. The maximum Gasteiger partial charge on any atom is 0.319 e. The van der Waals surface area contributed by atoms with Crippen molar-refractivity contribution in [1.82, 2.24) is 15.5 Å². The summed E-state index contributed by atoms with van der Waals surface area (Å²) in [6, 6.07) is 5.43. The molecule has 0 fully saturated rings. The number of carbonyl (C=O) groups excluding carboxylic acids is 2. The van der Waals surface area contributed by atoms with Crippen molar-refractivity contribution in [2.45, 2.75) is 19.1 Å². The van der Waals surface area contributed by atoms with Gasteiger partial charge in [0, 0.05) is 6.54 Å². The Balaban J connectivity index is 1.94. The number of carbonyl (C=O) groups is 2. The van der Waals surface area contributed by atoms with Crippen molar-refractivity contribution in [2.75, 3.05) is 13.1 Å². The number of amides is 3. The fraction of sp³-hybridized carbons (Fsp3) is 0.333. The second-order valence-electron chi connectivity index (χ2n) is 5.55. The van der Waals surface area contributed by atoms with Gasteiger partial charge in [0.25, 0.3) is 5.91 Å². The van der Waals surface area contributed by atoms with E-state index in [-0.39, 0.29) is 30.8 Å². The van der Waals surface area contributed by atoms with Crippen molar-refractivity contribution in [1.29, 1.82) is 0 Å². The first-order valence-corrected chi connectivity index (χ1v) is 7.02. The van der Waals surface area contributed by atoms with E-state index >= 15 is 0 Å². The lowest BCUT2D eigenvalue weighted by Crippen LogP contribution is -2.44. The molecule has 2 aliphatic heterocycles. The van der Waals surface area contributed by atoms with Gasteiger partial charge in [-0.3, -0.25) is 4.79 Å². The minimum absolute atomic E-state index is 0.117. The number of urea groups is 1. The number of β-amino-alcohol motifs (C(OH)–C–C–N with tert-alkyl or cyclic N) is 1. The van der Waals surface area contributed by atoms with Gasteiger partial charge in [0.1, 0.15) is 5.75 Å². The molecule has 4 N–H and O–H groups in total. The Morgan fingerprint density at radius 1 is 1.32 bits per heavy atom. The van der Waals surface area contributed by atoms with Gasteiger partial charge in [-0.25, -0.2) is 4.79 Å². The number of phenols is 1. The second-order valence-corrected chi connectivity index (χ2v) is 5.55. The summed E-state index contributed by atoms with van der Waals surface area (Å²) in [4.78, 5) is 25.9. The van der Waals surface area contributed by atoms with Crippen LogP contribution < -0.4 is 10.6 Å². The number of aromatic hydroxyl groups is 1. The molecule has 3 amide bonds. The number of hydrogen-bond donors (Lipinski definition) is 4. The third-order valence-electron chi connectivity index (χ3n) is 3.73. The molecule has 3 rings (SSSR count). The van der Waals surface area contributed by atoms with Gasteiger partial charge in [0.15, 0.2) is 0 Å². The summed E-state index contributed by atoms with van der Waals surface area (Å²) in [5, 5.41) is 24.2. The highest BCUT2D eigenvalue weighted by atomic mass is 16.3. The normalized spacial score (nSPS) is 22.3. The van der Waals surface area contributed by atoms with E-state index in [1.807, 2.05) is 0 Å². The van der Waals surface area contributed by atoms with E-state index in [9.17, 15) is 19.8 Å². The zero-order valence-electron chi connectivity index (χ0n) is 12.0. The lowest BCUT2D eigenvalue weighted by molar-refractivity contribution is -0.126. The minimum Gasteiger partial charge on any atom is -0.508 e. The van der Waals surface area contributed by atoms with E-state index in [2.05, 4.69) is 10.6 Å². The molecule has 7 heteroatoms. The maximum absolute atomic E-state index is 12.5. The molecule has 0 aliphatic carbocycles. The summed E-state index contributed by atoms with van der Waals surface area (Å²) in [5.41, 5.74) is 1.76. The van der Waals surface area contributed by atoms with Crippen LogP contribution >= 0.6 is 0 Å². The number of phenolic OH excluding ortho intramolecular Hbond substituents is 1. The van der Waals surface area contributed by atoms with E-state index in [1.165, 1.54) is 17.0 Å². The first-order valence-electron chi connectivity index (χ1n) is 7.02. The highest BCUT2D eigenvalue weighted by Gasteiger charge is 2.40. The quantitative estimate of drug-likeness (QED) is 0.641. The molecule has 0 aromatic heterocycles. The summed E-state index contributed by atoms with van der Waals surface area (Å²) in [6.07, 6.45) is -0.638. The Kier molecular flexibility index (Phi) is 3.50. The summed E-state index contributed by atoms with van der Waals surface area (Å²) < 4.78 is 0. The average Bonchev–Trinajstić information content (AvgIpc) is 2.74. The standard InChI is InChI=1S/C15H17N3O4/c1-8(19)6-18-7-11-12(14(18)21)13(17-15(22)16-11)9-2-4-10(20)5-3-9/h2-5,8,13,19-20H,6-7H2,1H3,(H2,16,17,22)/t8-,13+/m1/s1. The van der Waals surface area contributed by atoms with Crippen LogP contribution in [0.5, 0.6) is 5.75 Å². The lowest BCUT2D eigenvalue weighted by atomic mass is 9.96. The molecule has 0 saturated heterocycles. The van der Waals surface area contributed by atoms with Crippen molar-refractivity contribution in [3.05, 3.63) is 41.1 Å². The van der Waals surface area contributed by atoms with E-state index in [0.29, 0.717) is 16.8 Å². The Hall–Kier alpha value is -2.54. The monoisotopic (exact) mass is 303 g/mol. The Bertz CT molecular complexity index is 651. The van der Waals surface area contributed by atoms with Crippen LogP contribution in [-0.4, -0.2) is 46.2 Å². The van der Waals surface area contributed by atoms with Gasteiger partial charge in [0.05, 0.1) is 30.0 Å². The maximum atomic E-state index is 12.5. The highest BCUT2D eigenvalue weighted by Crippen LogP contribution is 2.32. The van der Waals surface area contributed by atoms with Crippen LogP contribution in [0.3, 0.4) is 0 Å². The van der Waals surface area contributed by atoms with Gasteiger partial charge in [-0.2, -0.15) is 0 Å². The van der Waals surface area contributed by atoms with Crippen LogP contribution in [0.4, 0.5) is 4.79 Å². The molecule has 116 valence electrons. The van der Waals surface area contributed by atoms with Crippen molar-refractivity contribution in [3.63, 3.8) is 0 Å². The van der Waals surface area contributed by atoms with Crippen molar-refractivity contribution in [3.8, 4) is 5.75 Å². The minimum atomic E-state index is -0.638. The van der Waals surface area contributed by atoms with E-state index in [1.54, 1.807) is 19.1 Å². The van der Waals surface area contributed by atoms with Gasteiger partial charge in [-0.1, -0.05) is 12.1 Å². The smallest absolute Gasteiger partial charge is 0.319 e. The van der Waals surface area contributed by atoms with E-state index < -0.39 is 12.1 Å². The first kappa shape index (κ1) is 14.4. The van der Waals surface area contributed by atoms with Crippen molar-refractivity contribution >= 4 is 11.9 Å². The predicted molar refractivity (Wildman–Crippen MR) is 77.8 cm³/mol. The molecule has 0 unspecified atom stereocenters. The molecule has 1 aromatic carbocycles. The number of rotatable bonds is 3. The molecule has 2 heterocycles. The Labute approximate surface area is 127 Å². The summed E-state index contributed by atoms with van der Waals surface area (Å²) in [7, 11) is 0. The number of nitrogens with one attached hydrogen (secondary N) is 2. The fourth-order valence-electron chi connectivity index (χ4n) is 2.81. The van der Waals surface area contributed by atoms with Gasteiger partial charge in [0.2, 0.25) is 0 Å². The van der Waals surface area contributed by atoms with Crippen molar-refractivity contribution in [2.24, 2.45) is 0 Å². The predicted octanol–water partition coefficient (Wildman–Crippen LogP) is 0.223. The molecular formula is C15H17N3O4. The molecule has 7 nitrogen and oxygen atoms in total. The third-order valence-corrected chi connectivity index (χ3v) is 3.73. The first-order chi connectivity index (χ1) is 10.5. The summed E-state index contributed by atoms with van der Waals surface area (Å²) in [6.45, 7) is 2.10. The second kappa shape index (κ2) is 5.34. The molecule has 0 spiro atoms. The molecule has 1 aromatic rings. The zero-order chi connectivity index (χ0) is 15.9. The number of hydrogen-bond acceptors (Lipinski definition) is 4. The van der Waals surface area contributed by atoms with E-state index in [4.69, 9.17) is 0 Å². The van der Waals surface area contributed by atoms with Gasteiger partial charge >= 0.3 is 6.03 Å². The number of benzene rings is 1. The van der Waals surface area contributed by atoms with Crippen LogP contribution in [0.15, 0.2) is 35.5 Å². The van der Waals surface area contributed by atoms with Gasteiger partial charge in [-0.05, 0) is 24.6 Å². The average molecular weight is 303 g/mol. The van der Waals surface area contributed by atoms with Crippen LogP contribution in [0, 0.1) is 0 Å². The molecule has 0 bridgehead atoms. The van der Waals surface area contributed by atoms with Gasteiger partial charge < -0.3 is 25.7 Å². The Morgan fingerprint density at radius 3 is 2.64 bits per heavy atom. The number of aliphatic hydroxyl groups excluding tert-OH is 1. The molecule has 2 aliphatic rings. The fourth-order valence-corrected chi connectivity index (χ4v) is 2.81. The van der Waals surface area contributed by atoms with Crippen LogP contribution in [-0.2, 0) is 4.79 Å². The largest absolute Gasteiger partial charge is 0.508 e. The molecule has 0 radical (unpaired) electrons. The van der Waals surface area contributed by atoms with Crippen LogP contribution in [0.25, 0.3) is 0 Å². The molecule has 0 saturated carbocycles. The van der Waals surface area contributed by atoms with Gasteiger partial charge in [-0.15, -0.1) is 0 Å². The molecule has 2 atom stereocenters. The summed E-state index contributed by atoms with van der Waals surface area (Å²) in [5.74, 6) is -0.0897.